The Labute approximate surface area is 184 Å². The largest absolute Gasteiger partial charge is 0.408 e. The van der Waals surface area contributed by atoms with Crippen molar-refractivity contribution in [2.24, 2.45) is 11.3 Å². The Hall–Kier alpha value is -1.12. The van der Waals surface area contributed by atoms with Crippen molar-refractivity contribution < 1.29 is 14.0 Å². The molecule has 0 spiro atoms. The highest BCUT2D eigenvalue weighted by Gasteiger charge is 2.32. The summed E-state index contributed by atoms with van der Waals surface area (Å²) in [4.78, 5) is 25.8. The van der Waals surface area contributed by atoms with E-state index in [4.69, 9.17) is 4.42 Å². The van der Waals surface area contributed by atoms with Crippen LogP contribution >= 0.6 is 24.2 Å². The van der Waals surface area contributed by atoms with Gasteiger partial charge in [0.15, 0.2) is 0 Å². The molecule has 0 aromatic carbocycles. The first kappa shape index (κ1) is 25.9. The zero-order valence-electron chi connectivity index (χ0n) is 18.0. The van der Waals surface area contributed by atoms with Crippen LogP contribution in [0.25, 0.3) is 0 Å². The van der Waals surface area contributed by atoms with Crippen LogP contribution in [0.4, 0.5) is 0 Å². The summed E-state index contributed by atoms with van der Waals surface area (Å²) >= 11 is 1.40. The molecule has 1 aromatic rings. The lowest BCUT2D eigenvalue weighted by Crippen LogP contribution is -2.45. The van der Waals surface area contributed by atoms with Crippen LogP contribution in [0.5, 0.6) is 0 Å². The van der Waals surface area contributed by atoms with Gasteiger partial charge >= 0.3 is 0 Å². The van der Waals surface area contributed by atoms with Crippen LogP contribution in [0.15, 0.2) is 9.64 Å². The molecule has 1 aromatic heterocycles. The van der Waals surface area contributed by atoms with E-state index in [-0.39, 0.29) is 41.3 Å². The topological polar surface area (TPSA) is 97.1 Å². The number of halogens is 1. The monoisotopic (exact) mass is 446 g/mol. The number of hydrogen-bond donors (Lipinski definition) is 2. The first-order valence-corrected chi connectivity index (χ1v) is 11.2. The highest BCUT2D eigenvalue weighted by atomic mass is 35.5. The molecule has 0 aliphatic heterocycles. The summed E-state index contributed by atoms with van der Waals surface area (Å²) < 4.78 is 5.55. The van der Waals surface area contributed by atoms with Gasteiger partial charge in [0.1, 0.15) is 0 Å². The number of nitrogens with zero attached hydrogens (tertiary/aromatic N) is 2. The SMILES string of the molecule is CNCCSc1nnc(C(=O)C(CC(C)(C)C)NC(=O)C2CCCCCC2)o1.Cl. The van der Waals surface area contributed by atoms with E-state index in [0.29, 0.717) is 11.6 Å². The number of carbonyl (C=O) groups excluding carboxylic acids is 2. The second-order valence-electron chi connectivity index (χ2n) is 8.70. The van der Waals surface area contributed by atoms with Crippen molar-refractivity contribution in [3.05, 3.63) is 5.89 Å². The first-order chi connectivity index (χ1) is 13.3. The Morgan fingerprint density at radius 3 is 2.41 bits per heavy atom. The lowest BCUT2D eigenvalue weighted by atomic mass is 9.86. The van der Waals surface area contributed by atoms with E-state index < -0.39 is 6.04 Å². The summed E-state index contributed by atoms with van der Waals surface area (Å²) in [6.07, 6.45) is 6.84. The van der Waals surface area contributed by atoms with Crippen molar-refractivity contribution >= 4 is 35.9 Å². The van der Waals surface area contributed by atoms with Crippen LogP contribution in [0.1, 0.15) is 76.4 Å². The Balaban J connectivity index is 0.00000420. The van der Waals surface area contributed by atoms with Gasteiger partial charge in [-0.3, -0.25) is 9.59 Å². The molecule has 166 valence electrons. The van der Waals surface area contributed by atoms with E-state index in [2.05, 4.69) is 41.6 Å². The Bertz CT molecular complexity index is 640. The molecule has 7 nitrogen and oxygen atoms in total. The third-order valence-electron chi connectivity index (χ3n) is 4.87. The number of thioether (sulfide) groups is 1. The quantitative estimate of drug-likeness (QED) is 0.257. The highest BCUT2D eigenvalue weighted by Crippen LogP contribution is 2.26. The van der Waals surface area contributed by atoms with E-state index in [1.807, 2.05) is 7.05 Å². The number of Topliss-reactive ketones (excluding diaryl/α,β-unsaturated/α-hetero) is 1. The number of hydrogen-bond acceptors (Lipinski definition) is 7. The fourth-order valence-corrected chi connectivity index (χ4v) is 4.13. The average molecular weight is 447 g/mol. The van der Waals surface area contributed by atoms with Gasteiger partial charge in [-0.25, -0.2) is 0 Å². The molecule has 1 fully saturated rings. The fraction of sp³-hybridized carbons (Fsp3) is 0.800. The molecule has 1 heterocycles. The van der Waals surface area contributed by atoms with Crippen LogP contribution in [0.3, 0.4) is 0 Å². The van der Waals surface area contributed by atoms with Crippen molar-refractivity contribution in [3.63, 3.8) is 0 Å². The van der Waals surface area contributed by atoms with Crippen LogP contribution in [0, 0.1) is 11.3 Å². The number of rotatable bonds is 9. The average Bonchev–Trinajstić information content (AvgIpc) is 2.92. The summed E-state index contributed by atoms with van der Waals surface area (Å²) in [7, 11) is 1.87. The second-order valence-corrected chi connectivity index (χ2v) is 9.75. The number of ketones is 1. The van der Waals surface area contributed by atoms with Crippen LogP contribution in [0.2, 0.25) is 0 Å². The molecule has 2 rings (SSSR count). The van der Waals surface area contributed by atoms with Gasteiger partial charge in [0, 0.05) is 18.2 Å². The molecule has 1 aliphatic rings. The van der Waals surface area contributed by atoms with Gasteiger partial charge in [0.05, 0.1) is 6.04 Å². The summed E-state index contributed by atoms with van der Waals surface area (Å²) in [5, 5.41) is 14.3. The van der Waals surface area contributed by atoms with Crippen molar-refractivity contribution in [2.45, 2.75) is 77.0 Å². The molecule has 1 aliphatic carbocycles. The maximum Gasteiger partial charge on any atom is 0.286 e. The van der Waals surface area contributed by atoms with Crippen molar-refractivity contribution in [1.29, 1.82) is 0 Å². The predicted octanol–water partition coefficient (Wildman–Crippen LogP) is 3.88. The van der Waals surface area contributed by atoms with Crippen molar-refractivity contribution in [2.75, 3.05) is 19.3 Å². The van der Waals surface area contributed by atoms with Gasteiger partial charge < -0.3 is 15.1 Å². The molecular formula is C20H35ClN4O3S. The molecule has 29 heavy (non-hydrogen) atoms. The molecular weight excluding hydrogens is 412 g/mol. The Morgan fingerprint density at radius 2 is 1.83 bits per heavy atom. The van der Waals surface area contributed by atoms with Crippen molar-refractivity contribution in [1.82, 2.24) is 20.8 Å². The summed E-state index contributed by atoms with van der Waals surface area (Å²) in [6, 6.07) is -0.647. The minimum absolute atomic E-state index is 0. The van der Waals surface area contributed by atoms with Gasteiger partial charge in [-0.1, -0.05) is 58.2 Å². The fourth-order valence-electron chi connectivity index (χ4n) is 3.41. The molecule has 0 bridgehead atoms. The molecule has 0 saturated heterocycles. The molecule has 2 N–H and O–H groups in total. The lowest BCUT2D eigenvalue weighted by Gasteiger charge is -2.26. The zero-order valence-corrected chi connectivity index (χ0v) is 19.6. The van der Waals surface area contributed by atoms with Gasteiger partial charge in [0.2, 0.25) is 11.7 Å². The number of carbonyl (C=O) groups is 2. The van der Waals surface area contributed by atoms with E-state index in [9.17, 15) is 9.59 Å². The number of nitrogens with one attached hydrogen (secondary N) is 2. The minimum atomic E-state index is -0.647. The molecule has 1 saturated carbocycles. The third-order valence-corrected chi connectivity index (χ3v) is 5.69. The Kier molecular flexibility index (Phi) is 11.2. The van der Waals surface area contributed by atoms with Gasteiger partial charge in [-0.2, -0.15) is 0 Å². The van der Waals surface area contributed by atoms with E-state index in [1.54, 1.807) is 0 Å². The third kappa shape index (κ3) is 9.05. The normalized spacial score (nSPS) is 16.6. The van der Waals surface area contributed by atoms with E-state index >= 15 is 0 Å². The van der Waals surface area contributed by atoms with Crippen LogP contribution < -0.4 is 10.6 Å². The Morgan fingerprint density at radius 1 is 1.17 bits per heavy atom. The molecule has 9 heteroatoms. The smallest absolute Gasteiger partial charge is 0.286 e. The predicted molar refractivity (Wildman–Crippen MR) is 118 cm³/mol. The van der Waals surface area contributed by atoms with Gasteiger partial charge in [0.25, 0.3) is 11.1 Å². The maximum atomic E-state index is 13.0. The minimum Gasteiger partial charge on any atom is -0.408 e. The molecule has 1 unspecified atom stereocenters. The zero-order chi connectivity index (χ0) is 20.6. The van der Waals surface area contributed by atoms with Crippen LogP contribution in [-0.2, 0) is 4.79 Å². The molecule has 1 atom stereocenters. The van der Waals surface area contributed by atoms with Crippen LogP contribution in [-0.4, -0.2) is 47.3 Å². The summed E-state index contributed by atoms with van der Waals surface area (Å²) in [5.41, 5.74) is -0.124. The highest BCUT2D eigenvalue weighted by molar-refractivity contribution is 7.99. The first-order valence-electron chi connectivity index (χ1n) is 10.3. The van der Waals surface area contributed by atoms with E-state index in [1.165, 1.54) is 24.6 Å². The maximum absolute atomic E-state index is 13.0. The van der Waals surface area contributed by atoms with Gasteiger partial charge in [-0.05, 0) is 31.7 Å². The van der Waals surface area contributed by atoms with E-state index in [0.717, 1.165) is 38.0 Å². The standard InChI is InChI=1S/C20H34N4O3S.ClH/c1-20(2,3)13-15(22-17(26)14-9-7-5-6-8-10-14)16(25)18-23-24-19(27-18)28-12-11-21-4;/h14-15,21H,5-13H2,1-4H3,(H,22,26);1H. The second kappa shape index (κ2) is 12.5. The lowest BCUT2D eigenvalue weighted by molar-refractivity contribution is -0.126. The van der Waals surface area contributed by atoms with Gasteiger partial charge in [-0.15, -0.1) is 22.6 Å². The number of aromatic nitrogens is 2. The summed E-state index contributed by atoms with van der Waals surface area (Å²) in [6.45, 7) is 6.97. The van der Waals surface area contributed by atoms with Crippen molar-refractivity contribution in [3.8, 4) is 0 Å². The summed E-state index contributed by atoms with van der Waals surface area (Å²) in [5.74, 6) is 0.420. The number of amides is 1. The molecule has 0 radical (unpaired) electrons. The molecule has 1 amide bonds.